The van der Waals surface area contributed by atoms with E-state index in [0.29, 0.717) is 12.5 Å². The van der Waals surface area contributed by atoms with Crippen molar-refractivity contribution in [2.75, 3.05) is 11.9 Å². The molecule has 2 N–H and O–H groups in total. The van der Waals surface area contributed by atoms with Crippen LogP contribution in [0.4, 0.5) is 5.95 Å². The second kappa shape index (κ2) is 5.87. The number of fused-ring (bicyclic) bond motifs is 1. The zero-order chi connectivity index (χ0) is 13.9. The second-order valence-corrected chi connectivity index (χ2v) is 6.14. The lowest BCUT2D eigenvalue weighted by atomic mass is 10.1. The molecule has 3 aromatic rings. The summed E-state index contributed by atoms with van der Waals surface area (Å²) in [6.07, 6.45) is 2.75. The summed E-state index contributed by atoms with van der Waals surface area (Å²) in [7, 11) is 0. The third-order valence-corrected chi connectivity index (χ3v) is 4.33. The van der Waals surface area contributed by atoms with Crippen LogP contribution in [0.5, 0.6) is 0 Å². The van der Waals surface area contributed by atoms with Crippen LogP contribution in [0.25, 0.3) is 10.1 Å². The van der Waals surface area contributed by atoms with Crippen LogP contribution in [0.15, 0.2) is 46.5 Å². The Kier molecular flexibility index (Phi) is 3.95. The van der Waals surface area contributed by atoms with E-state index in [-0.39, 0.29) is 0 Å². The largest absolute Gasteiger partial charge is 0.387 e. The Hall–Kier alpha value is -1.50. The lowest BCUT2D eigenvalue weighted by molar-refractivity contribution is 0.193. The van der Waals surface area contributed by atoms with Gasteiger partial charge in [-0.1, -0.05) is 18.2 Å². The number of rotatable bonds is 4. The van der Waals surface area contributed by atoms with Gasteiger partial charge in [0.25, 0.3) is 0 Å². The number of aliphatic hydroxyl groups is 1. The lowest BCUT2D eigenvalue weighted by Gasteiger charge is -2.11. The summed E-state index contributed by atoms with van der Waals surface area (Å²) in [4.78, 5) is 8.23. The van der Waals surface area contributed by atoms with Gasteiger partial charge in [0.1, 0.15) is 0 Å². The molecule has 0 spiro atoms. The highest BCUT2D eigenvalue weighted by Crippen LogP contribution is 2.30. The SMILES string of the molecule is OC(CNc1ncc(Br)cn1)c1csc2ccccc12. The van der Waals surface area contributed by atoms with E-state index in [1.165, 1.54) is 4.70 Å². The molecule has 0 radical (unpaired) electrons. The fourth-order valence-corrected chi connectivity index (χ4v) is 3.17. The van der Waals surface area contributed by atoms with Crippen LogP contribution in [0.3, 0.4) is 0 Å². The van der Waals surface area contributed by atoms with Crippen molar-refractivity contribution >= 4 is 43.3 Å². The average Bonchev–Trinajstić information content (AvgIpc) is 2.90. The summed E-state index contributed by atoms with van der Waals surface area (Å²) >= 11 is 4.92. The van der Waals surface area contributed by atoms with Gasteiger partial charge < -0.3 is 10.4 Å². The van der Waals surface area contributed by atoms with Gasteiger partial charge in [-0.3, -0.25) is 0 Å². The maximum Gasteiger partial charge on any atom is 0.222 e. The van der Waals surface area contributed by atoms with Gasteiger partial charge in [0.05, 0.1) is 10.6 Å². The summed E-state index contributed by atoms with van der Waals surface area (Å²) in [6.45, 7) is 0.377. The zero-order valence-corrected chi connectivity index (χ0v) is 12.9. The number of hydrogen-bond acceptors (Lipinski definition) is 5. The Morgan fingerprint density at radius 1 is 1.25 bits per heavy atom. The summed E-state index contributed by atoms with van der Waals surface area (Å²) in [6, 6.07) is 8.07. The minimum atomic E-state index is -0.585. The van der Waals surface area contributed by atoms with Crippen molar-refractivity contribution in [2.45, 2.75) is 6.10 Å². The summed E-state index contributed by atoms with van der Waals surface area (Å²) in [5.41, 5.74) is 0.940. The van der Waals surface area contributed by atoms with E-state index in [9.17, 15) is 5.11 Å². The Morgan fingerprint density at radius 2 is 2.00 bits per heavy atom. The van der Waals surface area contributed by atoms with Crippen molar-refractivity contribution in [3.05, 3.63) is 52.1 Å². The molecule has 2 heterocycles. The van der Waals surface area contributed by atoms with Crippen molar-refractivity contribution in [1.82, 2.24) is 9.97 Å². The number of thiophene rings is 1. The normalized spacial score (nSPS) is 12.5. The van der Waals surface area contributed by atoms with Crippen LogP contribution in [0.2, 0.25) is 0 Å². The first kappa shape index (κ1) is 13.5. The van der Waals surface area contributed by atoms with Crippen molar-refractivity contribution < 1.29 is 5.11 Å². The van der Waals surface area contributed by atoms with Crippen LogP contribution in [-0.2, 0) is 0 Å². The molecule has 0 amide bonds. The molecular weight excluding hydrogens is 338 g/mol. The summed E-state index contributed by atoms with van der Waals surface area (Å²) in [5.74, 6) is 0.506. The van der Waals surface area contributed by atoms with Crippen molar-refractivity contribution in [1.29, 1.82) is 0 Å². The molecule has 2 aromatic heterocycles. The molecule has 1 atom stereocenters. The van der Waals surface area contributed by atoms with E-state index >= 15 is 0 Å². The third kappa shape index (κ3) is 2.82. The number of nitrogens with zero attached hydrogens (tertiary/aromatic N) is 2. The zero-order valence-electron chi connectivity index (χ0n) is 10.5. The molecule has 0 saturated carbocycles. The smallest absolute Gasteiger partial charge is 0.222 e. The maximum absolute atomic E-state index is 10.3. The van der Waals surface area contributed by atoms with E-state index in [1.807, 2.05) is 23.6 Å². The second-order valence-electron chi connectivity index (χ2n) is 4.31. The van der Waals surface area contributed by atoms with Crippen molar-refractivity contribution in [3.63, 3.8) is 0 Å². The number of benzene rings is 1. The number of nitrogens with one attached hydrogen (secondary N) is 1. The first-order valence-corrected chi connectivity index (χ1v) is 7.77. The van der Waals surface area contributed by atoms with Gasteiger partial charge in [-0.15, -0.1) is 11.3 Å². The minimum absolute atomic E-state index is 0.377. The number of aliphatic hydroxyl groups excluding tert-OH is 1. The standard InChI is InChI=1S/C14H12BrN3OS/c15-9-5-16-14(17-6-9)18-7-12(19)11-8-20-13-4-2-1-3-10(11)13/h1-6,8,12,19H,7H2,(H,16,17,18). The van der Waals surface area contributed by atoms with Gasteiger partial charge in [0, 0.05) is 29.2 Å². The van der Waals surface area contributed by atoms with Crippen LogP contribution in [0.1, 0.15) is 11.7 Å². The third-order valence-electron chi connectivity index (χ3n) is 2.94. The Bertz CT molecular complexity index is 714. The van der Waals surface area contributed by atoms with Crippen LogP contribution in [-0.4, -0.2) is 21.6 Å². The summed E-state index contributed by atoms with van der Waals surface area (Å²) in [5, 5.41) is 16.4. The van der Waals surface area contributed by atoms with Crippen LogP contribution >= 0.6 is 27.3 Å². The van der Waals surface area contributed by atoms with E-state index in [1.54, 1.807) is 23.7 Å². The quantitative estimate of drug-likeness (QED) is 0.755. The highest BCUT2D eigenvalue weighted by molar-refractivity contribution is 9.10. The molecule has 0 aliphatic heterocycles. The van der Waals surface area contributed by atoms with E-state index in [2.05, 4.69) is 37.3 Å². The van der Waals surface area contributed by atoms with Crippen LogP contribution in [0, 0.1) is 0 Å². The number of aromatic nitrogens is 2. The van der Waals surface area contributed by atoms with Crippen molar-refractivity contribution in [2.24, 2.45) is 0 Å². The lowest BCUT2D eigenvalue weighted by Crippen LogP contribution is -2.13. The predicted octanol–water partition coefficient (Wildman–Crippen LogP) is 3.60. The molecule has 0 bridgehead atoms. The highest BCUT2D eigenvalue weighted by Gasteiger charge is 2.13. The maximum atomic E-state index is 10.3. The molecule has 0 aliphatic rings. The monoisotopic (exact) mass is 349 g/mol. The molecule has 0 fully saturated rings. The molecule has 0 saturated heterocycles. The number of hydrogen-bond donors (Lipinski definition) is 2. The van der Waals surface area contributed by atoms with Gasteiger partial charge in [-0.05, 0) is 32.8 Å². The fraction of sp³-hybridized carbons (Fsp3) is 0.143. The topological polar surface area (TPSA) is 58.0 Å². The van der Waals surface area contributed by atoms with E-state index < -0.39 is 6.10 Å². The van der Waals surface area contributed by atoms with Crippen LogP contribution < -0.4 is 5.32 Å². The Balaban J connectivity index is 1.73. The fourth-order valence-electron chi connectivity index (χ4n) is 1.96. The molecule has 4 nitrogen and oxygen atoms in total. The molecule has 102 valence electrons. The number of anilines is 1. The van der Waals surface area contributed by atoms with Gasteiger partial charge in [0.15, 0.2) is 0 Å². The molecule has 20 heavy (non-hydrogen) atoms. The van der Waals surface area contributed by atoms with Gasteiger partial charge in [-0.25, -0.2) is 9.97 Å². The van der Waals surface area contributed by atoms with Gasteiger partial charge >= 0.3 is 0 Å². The number of halogens is 1. The molecular formula is C14H12BrN3OS. The molecule has 6 heteroatoms. The predicted molar refractivity (Wildman–Crippen MR) is 85.0 cm³/mol. The summed E-state index contributed by atoms with van der Waals surface area (Å²) < 4.78 is 2.01. The molecule has 3 rings (SSSR count). The first-order chi connectivity index (χ1) is 9.74. The molecule has 1 aromatic carbocycles. The highest BCUT2D eigenvalue weighted by atomic mass is 79.9. The average molecular weight is 350 g/mol. The Morgan fingerprint density at radius 3 is 2.80 bits per heavy atom. The van der Waals surface area contributed by atoms with Gasteiger partial charge in [-0.2, -0.15) is 0 Å². The van der Waals surface area contributed by atoms with E-state index in [0.717, 1.165) is 15.4 Å². The van der Waals surface area contributed by atoms with E-state index in [4.69, 9.17) is 0 Å². The molecule has 0 aliphatic carbocycles. The minimum Gasteiger partial charge on any atom is -0.387 e. The molecule has 1 unspecified atom stereocenters. The van der Waals surface area contributed by atoms with Crippen molar-refractivity contribution in [3.8, 4) is 0 Å². The van der Waals surface area contributed by atoms with Gasteiger partial charge in [0.2, 0.25) is 5.95 Å². The Labute approximate surface area is 128 Å². The first-order valence-electron chi connectivity index (χ1n) is 6.09.